The third-order valence-corrected chi connectivity index (χ3v) is 4.82. The first-order chi connectivity index (χ1) is 11.2. The van der Waals surface area contributed by atoms with Crippen LogP contribution in [0.3, 0.4) is 0 Å². The molecule has 0 radical (unpaired) electrons. The van der Waals surface area contributed by atoms with Gasteiger partial charge in [0.15, 0.2) is 0 Å². The fourth-order valence-electron chi connectivity index (χ4n) is 2.57. The highest BCUT2D eigenvalue weighted by Crippen LogP contribution is 2.32. The Morgan fingerprint density at radius 1 is 1.26 bits per heavy atom. The molecule has 0 spiro atoms. The van der Waals surface area contributed by atoms with E-state index in [4.69, 9.17) is 9.47 Å². The highest BCUT2D eigenvalue weighted by atomic mass is 32.2. The molecule has 0 amide bonds. The Balaban J connectivity index is 2.23. The number of methoxy groups -OCH3 is 1. The lowest BCUT2D eigenvalue weighted by atomic mass is 9.97. The minimum absolute atomic E-state index is 0.0739. The van der Waals surface area contributed by atoms with Gasteiger partial charge in [-0.3, -0.25) is 0 Å². The topological polar surface area (TPSA) is 35.5 Å². The molecule has 0 N–H and O–H groups in total. The van der Waals surface area contributed by atoms with Gasteiger partial charge < -0.3 is 9.47 Å². The van der Waals surface area contributed by atoms with Crippen LogP contribution in [0.4, 0.5) is 0 Å². The monoisotopic (exact) mass is 332 g/mol. The van der Waals surface area contributed by atoms with Crippen LogP contribution < -0.4 is 0 Å². The first-order valence-electron chi connectivity index (χ1n) is 8.06. The number of hydrogen-bond donors (Lipinski definition) is 0. The van der Waals surface area contributed by atoms with Crippen LogP contribution in [0, 0.1) is 0 Å². The van der Waals surface area contributed by atoms with Gasteiger partial charge in [-0.15, -0.1) is 11.8 Å². The lowest BCUT2D eigenvalue weighted by Crippen LogP contribution is -2.24. The van der Waals surface area contributed by atoms with Gasteiger partial charge in [0.05, 0.1) is 18.4 Å². The van der Waals surface area contributed by atoms with Gasteiger partial charge in [-0.2, -0.15) is 0 Å². The molecule has 2 rings (SSSR count). The lowest BCUT2D eigenvalue weighted by molar-refractivity contribution is -0.136. The third kappa shape index (κ3) is 4.64. The zero-order valence-corrected chi connectivity index (χ0v) is 14.8. The summed E-state index contributed by atoms with van der Waals surface area (Å²) in [5.74, 6) is 1.03. The fraction of sp³-hybridized carbons (Fsp3) is 0.421. The van der Waals surface area contributed by atoms with E-state index in [1.165, 1.54) is 12.7 Å². The molecular formula is C19H24O3S. The van der Waals surface area contributed by atoms with Crippen molar-refractivity contribution in [2.75, 3.05) is 12.9 Å². The first-order valence-corrected chi connectivity index (χ1v) is 9.04. The minimum Gasteiger partial charge on any atom is -0.489 e. The second-order valence-corrected chi connectivity index (χ2v) is 6.45. The summed E-state index contributed by atoms with van der Waals surface area (Å²) < 4.78 is 11.1. The average molecular weight is 332 g/mol. The molecule has 1 aliphatic heterocycles. The quantitative estimate of drug-likeness (QED) is 0.533. The van der Waals surface area contributed by atoms with Crippen molar-refractivity contribution < 1.29 is 14.3 Å². The average Bonchev–Trinajstić information content (AvgIpc) is 2.60. The Hall–Kier alpha value is -1.68. The van der Waals surface area contributed by atoms with E-state index in [1.54, 1.807) is 11.8 Å². The van der Waals surface area contributed by atoms with Crippen molar-refractivity contribution in [1.82, 2.24) is 0 Å². The van der Waals surface area contributed by atoms with E-state index >= 15 is 0 Å². The molecular weight excluding hydrogens is 308 g/mol. The van der Waals surface area contributed by atoms with Gasteiger partial charge in [-0.1, -0.05) is 38.5 Å². The van der Waals surface area contributed by atoms with Crippen LogP contribution in [0.5, 0.6) is 0 Å². The molecule has 1 aromatic carbocycles. The predicted octanol–water partition coefficient (Wildman–Crippen LogP) is 4.74. The molecule has 0 saturated heterocycles. The van der Waals surface area contributed by atoms with Crippen molar-refractivity contribution in [3.05, 3.63) is 53.3 Å². The molecule has 1 atom stereocenters. The Labute approximate surface area is 142 Å². The summed E-state index contributed by atoms with van der Waals surface area (Å²) in [6.07, 6.45) is 4.94. The van der Waals surface area contributed by atoms with Crippen molar-refractivity contribution in [3.63, 3.8) is 0 Å². The van der Waals surface area contributed by atoms with Gasteiger partial charge >= 0.3 is 5.97 Å². The Bertz CT molecular complexity index is 590. The predicted molar refractivity (Wildman–Crippen MR) is 94.4 cm³/mol. The molecule has 0 fully saturated rings. The molecule has 1 heterocycles. The summed E-state index contributed by atoms with van der Waals surface area (Å²) >= 11 is 1.67. The van der Waals surface area contributed by atoms with E-state index in [9.17, 15) is 4.79 Å². The third-order valence-electron chi connectivity index (χ3n) is 3.81. The standard InChI is InChI=1S/C19H24O3S/c1-4-9-17-14(5-2)12-16(19(20)21-3)18(22-17)13-23-15-10-7-6-8-11-15/h6-8,10-12,17H,4-5,9,13H2,1-3H3. The zero-order chi connectivity index (χ0) is 16.7. The van der Waals surface area contributed by atoms with Crippen molar-refractivity contribution in [2.45, 2.75) is 44.1 Å². The molecule has 1 aliphatic rings. The number of hydrogen-bond acceptors (Lipinski definition) is 4. The SMILES string of the molecule is CCCC1OC(CSc2ccccc2)=C(C(=O)OC)C=C1CC. The molecule has 0 bridgehead atoms. The van der Waals surface area contributed by atoms with E-state index in [0.29, 0.717) is 11.3 Å². The van der Waals surface area contributed by atoms with Crippen molar-refractivity contribution in [3.8, 4) is 0 Å². The number of carbonyl (C=O) groups is 1. The smallest absolute Gasteiger partial charge is 0.341 e. The fourth-order valence-corrected chi connectivity index (χ4v) is 3.44. The number of esters is 1. The minimum atomic E-state index is -0.324. The van der Waals surface area contributed by atoms with Gasteiger partial charge in [0, 0.05) is 4.90 Å². The second kappa shape index (κ2) is 8.82. The summed E-state index contributed by atoms with van der Waals surface area (Å²) in [7, 11) is 1.41. The van der Waals surface area contributed by atoms with E-state index in [1.807, 2.05) is 24.3 Å². The molecule has 0 aromatic heterocycles. The van der Waals surface area contributed by atoms with Crippen LogP contribution in [0.2, 0.25) is 0 Å². The molecule has 4 heteroatoms. The molecule has 23 heavy (non-hydrogen) atoms. The van der Waals surface area contributed by atoms with Gasteiger partial charge in [0.2, 0.25) is 0 Å². The summed E-state index contributed by atoms with van der Waals surface area (Å²) in [6, 6.07) is 10.1. The number of ether oxygens (including phenoxy) is 2. The van der Waals surface area contributed by atoms with Crippen LogP contribution in [0.15, 0.2) is 58.2 Å². The molecule has 0 saturated carbocycles. The van der Waals surface area contributed by atoms with Gasteiger partial charge in [0.25, 0.3) is 0 Å². The normalized spacial score (nSPS) is 17.5. The highest BCUT2D eigenvalue weighted by Gasteiger charge is 2.26. The second-order valence-electron chi connectivity index (χ2n) is 5.40. The highest BCUT2D eigenvalue weighted by molar-refractivity contribution is 7.99. The zero-order valence-electron chi connectivity index (χ0n) is 14.0. The summed E-state index contributed by atoms with van der Waals surface area (Å²) in [5, 5.41) is 0. The van der Waals surface area contributed by atoms with Crippen molar-refractivity contribution in [2.24, 2.45) is 0 Å². The van der Waals surface area contributed by atoms with Crippen LogP contribution in [0.25, 0.3) is 0 Å². The van der Waals surface area contributed by atoms with E-state index in [0.717, 1.165) is 29.9 Å². The van der Waals surface area contributed by atoms with Crippen LogP contribution in [-0.2, 0) is 14.3 Å². The Morgan fingerprint density at radius 3 is 2.61 bits per heavy atom. The van der Waals surface area contributed by atoms with Crippen molar-refractivity contribution >= 4 is 17.7 Å². The summed E-state index contributed by atoms with van der Waals surface area (Å²) in [6.45, 7) is 4.24. The lowest BCUT2D eigenvalue weighted by Gasteiger charge is -2.28. The number of thioether (sulfide) groups is 1. The largest absolute Gasteiger partial charge is 0.489 e. The maximum atomic E-state index is 12.1. The Kier molecular flexibility index (Phi) is 6.78. The van der Waals surface area contributed by atoms with Crippen LogP contribution in [0.1, 0.15) is 33.1 Å². The maximum Gasteiger partial charge on any atom is 0.341 e. The summed E-state index contributed by atoms with van der Waals surface area (Å²) in [5.41, 5.74) is 1.72. The molecule has 124 valence electrons. The van der Waals surface area contributed by atoms with E-state index < -0.39 is 0 Å². The number of carbonyl (C=O) groups excluding carboxylic acids is 1. The van der Waals surface area contributed by atoms with E-state index in [-0.39, 0.29) is 12.1 Å². The first kappa shape index (κ1) is 17.7. The summed E-state index contributed by atoms with van der Waals surface area (Å²) in [4.78, 5) is 13.3. The van der Waals surface area contributed by atoms with Crippen LogP contribution >= 0.6 is 11.8 Å². The number of rotatable bonds is 7. The maximum absolute atomic E-state index is 12.1. The molecule has 1 aromatic rings. The van der Waals surface area contributed by atoms with E-state index in [2.05, 4.69) is 26.0 Å². The van der Waals surface area contributed by atoms with Crippen molar-refractivity contribution in [1.29, 1.82) is 0 Å². The van der Waals surface area contributed by atoms with Gasteiger partial charge in [-0.05, 0) is 36.6 Å². The molecule has 3 nitrogen and oxygen atoms in total. The molecule has 1 unspecified atom stereocenters. The van der Waals surface area contributed by atoms with Crippen LogP contribution in [-0.4, -0.2) is 24.9 Å². The van der Waals surface area contributed by atoms with Gasteiger partial charge in [-0.25, -0.2) is 4.79 Å². The Morgan fingerprint density at radius 2 is 2.00 bits per heavy atom. The van der Waals surface area contributed by atoms with Gasteiger partial charge in [0.1, 0.15) is 11.9 Å². The molecule has 0 aliphatic carbocycles. The number of benzene rings is 1.